The van der Waals surface area contributed by atoms with Gasteiger partial charge in [0.1, 0.15) is 11.6 Å². The number of anilines is 1. The molecule has 0 aliphatic carbocycles. The molecule has 2 aromatic heterocycles. The first-order valence-electron chi connectivity index (χ1n) is 8.97. The number of rotatable bonds is 7. The lowest BCUT2D eigenvalue weighted by Gasteiger charge is -2.09. The fraction of sp³-hybridized carbons (Fsp3) is 0.400. The van der Waals surface area contributed by atoms with Crippen molar-refractivity contribution in [2.45, 2.75) is 46.5 Å². The van der Waals surface area contributed by atoms with Gasteiger partial charge in [-0.25, -0.2) is 9.37 Å². The lowest BCUT2D eigenvalue weighted by Crippen LogP contribution is -2.08. The predicted molar refractivity (Wildman–Crippen MR) is 100 cm³/mol. The number of aryl methyl sites for hydroxylation is 2. The molecule has 0 spiro atoms. The quantitative estimate of drug-likeness (QED) is 0.605. The van der Waals surface area contributed by atoms with Gasteiger partial charge in [-0.3, -0.25) is 0 Å². The fourth-order valence-corrected chi connectivity index (χ4v) is 3.09. The summed E-state index contributed by atoms with van der Waals surface area (Å²) in [5, 5.41) is 8.15. The van der Waals surface area contributed by atoms with Crippen LogP contribution in [0.15, 0.2) is 30.3 Å². The van der Waals surface area contributed by atoms with Crippen LogP contribution < -0.4 is 5.32 Å². The second-order valence-corrected chi connectivity index (χ2v) is 6.47. The maximum Gasteiger partial charge on any atom is 0.165 e. The van der Waals surface area contributed by atoms with Crippen LogP contribution >= 0.6 is 0 Å². The summed E-state index contributed by atoms with van der Waals surface area (Å²) in [5.74, 6) is 0.715. The van der Waals surface area contributed by atoms with Crippen molar-refractivity contribution in [2.75, 3.05) is 11.9 Å². The first-order valence-corrected chi connectivity index (χ1v) is 8.97. The van der Waals surface area contributed by atoms with Crippen molar-refractivity contribution in [3.05, 3.63) is 47.5 Å². The van der Waals surface area contributed by atoms with E-state index in [1.807, 2.05) is 24.4 Å². The Balaban J connectivity index is 1.95. The number of fused-ring (bicyclic) bond motifs is 1. The smallest absolute Gasteiger partial charge is 0.165 e. The van der Waals surface area contributed by atoms with Gasteiger partial charge in [0.15, 0.2) is 5.65 Å². The van der Waals surface area contributed by atoms with Gasteiger partial charge in [-0.15, -0.1) is 0 Å². The molecule has 0 saturated carbocycles. The highest BCUT2D eigenvalue weighted by atomic mass is 19.1. The van der Waals surface area contributed by atoms with Gasteiger partial charge in [-0.1, -0.05) is 38.3 Å². The summed E-state index contributed by atoms with van der Waals surface area (Å²) in [7, 11) is 0. The van der Waals surface area contributed by atoms with Crippen LogP contribution in [0.1, 0.15) is 44.0 Å². The van der Waals surface area contributed by atoms with E-state index >= 15 is 0 Å². The Hall–Kier alpha value is -2.43. The van der Waals surface area contributed by atoms with E-state index in [0.717, 1.165) is 46.9 Å². The molecule has 0 bridgehead atoms. The lowest BCUT2D eigenvalue weighted by atomic mass is 10.1. The van der Waals surface area contributed by atoms with Crippen LogP contribution in [0.5, 0.6) is 0 Å². The molecule has 0 unspecified atom stereocenters. The number of hydrogen-bond acceptors (Lipinski definition) is 3. The van der Waals surface area contributed by atoms with Gasteiger partial charge in [0, 0.05) is 23.9 Å². The molecule has 3 aromatic rings. The summed E-state index contributed by atoms with van der Waals surface area (Å²) < 4.78 is 15.1. The molecule has 0 aliphatic rings. The maximum atomic E-state index is 13.3. The van der Waals surface area contributed by atoms with Crippen LogP contribution in [0.25, 0.3) is 16.8 Å². The van der Waals surface area contributed by atoms with Gasteiger partial charge in [-0.2, -0.15) is 9.61 Å². The molecule has 0 saturated heterocycles. The SMILES string of the molecule is CCCCCCNc1cc(C)nc2c(-c3ccc(F)cc3)c(C)nn12. The van der Waals surface area contributed by atoms with Crippen molar-refractivity contribution in [1.29, 1.82) is 0 Å². The van der Waals surface area contributed by atoms with Gasteiger partial charge in [-0.05, 0) is 38.0 Å². The van der Waals surface area contributed by atoms with Gasteiger partial charge >= 0.3 is 0 Å². The minimum Gasteiger partial charge on any atom is -0.370 e. The first-order chi connectivity index (χ1) is 12.1. The summed E-state index contributed by atoms with van der Waals surface area (Å²) in [4.78, 5) is 4.68. The van der Waals surface area contributed by atoms with E-state index in [4.69, 9.17) is 0 Å². The maximum absolute atomic E-state index is 13.3. The molecular weight excluding hydrogens is 315 g/mol. The van der Waals surface area contributed by atoms with E-state index < -0.39 is 0 Å². The summed E-state index contributed by atoms with van der Waals surface area (Å²) in [5.41, 5.74) is 4.52. The minimum atomic E-state index is -0.239. The van der Waals surface area contributed by atoms with Gasteiger partial charge in [0.25, 0.3) is 0 Å². The third-order valence-corrected chi connectivity index (χ3v) is 4.36. The summed E-state index contributed by atoms with van der Waals surface area (Å²) in [6.07, 6.45) is 4.87. The fourth-order valence-electron chi connectivity index (χ4n) is 3.09. The van der Waals surface area contributed by atoms with Gasteiger partial charge in [0.2, 0.25) is 0 Å². The number of benzene rings is 1. The Bertz CT molecular complexity index is 852. The van der Waals surface area contributed by atoms with Crippen molar-refractivity contribution in [2.24, 2.45) is 0 Å². The third kappa shape index (κ3) is 3.81. The molecule has 132 valence electrons. The monoisotopic (exact) mass is 340 g/mol. The average Bonchev–Trinajstić information content (AvgIpc) is 2.91. The first kappa shape index (κ1) is 17.4. The molecule has 0 fully saturated rings. The summed E-state index contributed by atoms with van der Waals surface area (Å²) >= 11 is 0. The molecule has 0 atom stereocenters. The normalized spacial score (nSPS) is 11.2. The van der Waals surface area contributed by atoms with E-state index in [2.05, 4.69) is 22.3 Å². The second kappa shape index (κ2) is 7.64. The molecule has 5 heteroatoms. The molecule has 2 heterocycles. The van der Waals surface area contributed by atoms with E-state index in [1.54, 1.807) is 12.1 Å². The summed E-state index contributed by atoms with van der Waals surface area (Å²) in [6, 6.07) is 8.53. The third-order valence-electron chi connectivity index (χ3n) is 4.36. The molecule has 0 radical (unpaired) electrons. The Kier molecular flexibility index (Phi) is 5.31. The second-order valence-electron chi connectivity index (χ2n) is 6.47. The lowest BCUT2D eigenvalue weighted by molar-refractivity contribution is 0.628. The zero-order valence-electron chi connectivity index (χ0n) is 15.1. The predicted octanol–water partition coefficient (Wildman–Crippen LogP) is 5.14. The number of unbranched alkanes of at least 4 members (excludes halogenated alkanes) is 3. The molecule has 1 aromatic carbocycles. The highest BCUT2D eigenvalue weighted by Gasteiger charge is 2.16. The molecule has 4 nitrogen and oxygen atoms in total. The molecule has 0 aliphatic heterocycles. The molecule has 1 N–H and O–H groups in total. The van der Waals surface area contributed by atoms with Crippen molar-refractivity contribution in [3.8, 4) is 11.1 Å². The summed E-state index contributed by atoms with van der Waals surface area (Å²) in [6.45, 7) is 7.09. The van der Waals surface area contributed by atoms with Crippen LogP contribution in [-0.2, 0) is 0 Å². The molecule has 3 rings (SSSR count). The minimum absolute atomic E-state index is 0.239. The Morgan fingerprint density at radius 3 is 2.56 bits per heavy atom. The zero-order chi connectivity index (χ0) is 17.8. The standard InChI is InChI=1S/C20H25FN4/c1-4-5-6-7-12-22-18-13-14(2)23-20-19(15(3)24-25(18)20)16-8-10-17(21)11-9-16/h8-11,13,22H,4-7,12H2,1-3H3. The molecule has 25 heavy (non-hydrogen) atoms. The van der Waals surface area contributed by atoms with Crippen LogP contribution in [-0.4, -0.2) is 21.1 Å². The van der Waals surface area contributed by atoms with Gasteiger partial charge < -0.3 is 5.32 Å². The van der Waals surface area contributed by atoms with E-state index in [9.17, 15) is 4.39 Å². The highest BCUT2D eigenvalue weighted by molar-refractivity contribution is 5.80. The van der Waals surface area contributed by atoms with Crippen molar-refractivity contribution in [1.82, 2.24) is 14.6 Å². The number of nitrogens with zero attached hydrogens (tertiary/aromatic N) is 3. The molecular formula is C20H25FN4. The Morgan fingerprint density at radius 2 is 1.84 bits per heavy atom. The van der Waals surface area contributed by atoms with Gasteiger partial charge in [0.05, 0.1) is 5.69 Å². The van der Waals surface area contributed by atoms with E-state index in [0.29, 0.717) is 0 Å². The topological polar surface area (TPSA) is 42.2 Å². The van der Waals surface area contributed by atoms with E-state index in [1.165, 1.54) is 31.4 Å². The van der Waals surface area contributed by atoms with E-state index in [-0.39, 0.29) is 5.82 Å². The van der Waals surface area contributed by atoms with Crippen molar-refractivity contribution >= 4 is 11.5 Å². The Morgan fingerprint density at radius 1 is 1.08 bits per heavy atom. The van der Waals surface area contributed by atoms with Crippen LogP contribution in [0.4, 0.5) is 10.2 Å². The Labute approximate surface area is 148 Å². The number of nitrogens with one attached hydrogen (secondary N) is 1. The van der Waals surface area contributed by atoms with Crippen LogP contribution in [0.3, 0.4) is 0 Å². The van der Waals surface area contributed by atoms with Crippen molar-refractivity contribution in [3.63, 3.8) is 0 Å². The number of aromatic nitrogens is 3. The molecule has 0 amide bonds. The largest absolute Gasteiger partial charge is 0.370 e. The zero-order valence-corrected chi connectivity index (χ0v) is 15.1. The van der Waals surface area contributed by atoms with Crippen molar-refractivity contribution < 1.29 is 4.39 Å². The number of hydrogen-bond donors (Lipinski definition) is 1. The van der Waals surface area contributed by atoms with Crippen LogP contribution in [0.2, 0.25) is 0 Å². The highest BCUT2D eigenvalue weighted by Crippen LogP contribution is 2.29. The number of halogens is 1. The average molecular weight is 340 g/mol. The van der Waals surface area contributed by atoms with Crippen LogP contribution in [0, 0.1) is 19.7 Å².